The molecule has 0 saturated carbocycles. The third-order valence-electron chi connectivity index (χ3n) is 1.47. The summed E-state index contributed by atoms with van der Waals surface area (Å²) < 4.78 is 0. The van der Waals surface area contributed by atoms with Gasteiger partial charge in [0.25, 0.3) is 0 Å². The third-order valence-corrected chi connectivity index (χ3v) is 1.47. The molecular weight excluding hydrogens is 136 g/mol. The molecule has 0 unspecified atom stereocenters. The van der Waals surface area contributed by atoms with E-state index in [4.69, 9.17) is 5.11 Å². The van der Waals surface area contributed by atoms with Crippen molar-refractivity contribution in [3.8, 4) is 11.8 Å². The summed E-state index contributed by atoms with van der Waals surface area (Å²) in [5.41, 5.74) is 0.198. The number of hydrogen-bond donors (Lipinski definition) is 1. The number of hydrogen-bond acceptors (Lipinski definition) is 1. The van der Waals surface area contributed by atoms with E-state index in [1.54, 1.807) is 0 Å². The fraction of sp³-hybridized carbons (Fsp3) is 0.600. The quantitative estimate of drug-likeness (QED) is 0.484. The lowest BCUT2D eigenvalue weighted by atomic mass is 9.86. The van der Waals surface area contributed by atoms with Crippen molar-refractivity contribution >= 4 is 0 Å². The van der Waals surface area contributed by atoms with Crippen molar-refractivity contribution in [3.05, 3.63) is 12.7 Å². The molecule has 0 aromatic heterocycles. The van der Waals surface area contributed by atoms with Crippen LogP contribution in [0.5, 0.6) is 0 Å². The molecule has 0 saturated heterocycles. The van der Waals surface area contributed by atoms with Gasteiger partial charge in [0.05, 0.1) is 0 Å². The Morgan fingerprint density at radius 2 is 2.09 bits per heavy atom. The van der Waals surface area contributed by atoms with Crippen molar-refractivity contribution < 1.29 is 5.11 Å². The maximum absolute atomic E-state index is 8.40. The van der Waals surface area contributed by atoms with Gasteiger partial charge in [0.1, 0.15) is 6.61 Å². The minimum Gasteiger partial charge on any atom is -0.384 e. The van der Waals surface area contributed by atoms with Crippen LogP contribution in [-0.2, 0) is 0 Å². The van der Waals surface area contributed by atoms with E-state index in [0.29, 0.717) is 0 Å². The van der Waals surface area contributed by atoms with E-state index in [0.717, 1.165) is 12.8 Å². The molecule has 62 valence electrons. The lowest BCUT2D eigenvalue weighted by Gasteiger charge is -2.18. The number of allylic oxidation sites excluding steroid dienone is 1. The maximum atomic E-state index is 8.40. The van der Waals surface area contributed by atoms with Gasteiger partial charge in [-0.2, -0.15) is 0 Å². The van der Waals surface area contributed by atoms with Crippen LogP contribution in [0.1, 0.15) is 26.7 Å². The summed E-state index contributed by atoms with van der Waals surface area (Å²) in [6.45, 7) is 7.92. The van der Waals surface area contributed by atoms with Crippen LogP contribution in [0.25, 0.3) is 0 Å². The summed E-state index contributed by atoms with van der Waals surface area (Å²) in [6, 6.07) is 0. The highest BCUT2D eigenvalue weighted by Gasteiger charge is 2.13. The van der Waals surface area contributed by atoms with Crippen LogP contribution in [0.2, 0.25) is 0 Å². The SMILES string of the molecule is C=CCC(C)(C)CC#CCO. The van der Waals surface area contributed by atoms with Crippen molar-refractivity contribution in [3.63, 3.8) is 0 Å². The summed E-state index contributed by atoms with van der Waals surface area (Å²) in [5.74, 6) is 5.55. The van der Waals surface area contributed by atoms with E-state index in [-0.39, 0.29) is 12.0 Å². The predicted molar refractivity (Wildman–Crippen MR) is 48.1 cm³/mol. The smallest absolute Gasteiger partial charge is 0.104 e. The van der Waals surface area contributed by atoms with E-state index in [1.165, 1.54) is 0 Å². The highest BCUT2D eigenvalue weighted by Crippen LogP contribution is 2.24. The molecule has 0 atom stereocenters. The molecule has 1 heteroatoms. The highest BCUT2D eigenvalue weighted by atomic mass is 16.2. The molecule has 1 N–H and O–H groups in total. The van der Waals surface area contributed by atoms with Crippen LogP contribution in [0.3, 0.4) is 0 Å². The van der Waals surface area contributed by atoms with Gasteiger partial charge in [-0.25, -0.2) is 0 Å². The number of aliphatic hydroxyl groups is 1. The molecule has 0 amide bonds. The number of rotatable bonds is 3. The lowest BCUT2D eigenvalue weighted by molar-refractivity contribution is 0.349. The van der Waals surface area contributed by atoms with Crippen LogP contribution < -0.4 is 0 Å². The van der Waals surface area contributed by atoms with E-state index >= 15 is 0 Å². The topological polar surface area (TPSA) is 20.2 Å². The first-order valence-electron chi connectivity index (χ1n) is 3.80. The van der Waals surface area contributed by atoms with Gasteiger partial charge in [-0.15, -0.1) is 12.5 Å². The zero-order chi connectivity index (χ0) is 8.74. The number of aliphatic hydroxyl groups excluding tert-OH is 1. The predicted octanol–water partition coefficient (Wildman–Crippen LogP) is 1.97. The molecule has 0 heterocycles. The monoisotopic (exact) mass is 152 g/mol. The fourth-order valence-corrected chi connectivity index (χ4v) is 0.821. The first-order valence-corrected chi connectivity index (χ1v) is 3.80. The van der Waals surface area contributed by atoms with Crippen LogP contribution >= 0.6 is 0 Å². The first kappa shape index (κ1) is 10.3. The Balaban J connectivity index is 3.80. The normalized spacial score (nSPS) is 10.1. The summed E-state index contributed by atoms with van der Waals surface area (Å²) in [5, 5.41) is 8.40. The van der Waals surface area contributed by atoms with Gasteiger partial charge in [0.15, 0.2) is 0 Å². The largest absolute Gasteiger partial charge is 0.384 e. The second-order valence-electron chi connectivity index (χ2n) is 3.35. The molecule has 0 rings (SSSR count). The Morgan fingerprint density at radius 1 is 1.45 bits per heavy atom. The van der Waals surface area contributed by atoms with Gasteiger partial charge in [0, 0.05) is 6.42 Å². The van der Waals surface area contributed by atoms with Gasteiger partial charge < -0.3 is 5.11 Å². The molecule has 0 radical (unpaired) electrons. The Labute approximate surface area is 69.1 Å². The van der Waals surface area contributed by atoms with Crippen molar-refractivity contribution in [1.82, 2.24) is 0 Å². The maximum Gasteiger partial charge on any atom is 0.104 e. The van der Waals surface area contributed by atoms with E-state index < -0.39 is 0 Å². The van der Waals surface area contributed by atoms with Gasteiger partial charge in [-0.1, -0.05) is 25.8 Å². The van der Waals surface area contributed by atoms with E-state index in [1.807, 2.05) is 6.08 Å². The fourth-order valence-electron chi connectivity index (χ4n) is 0.821. The Kier molecular flexibility index (Phi) is 4.65. The minimum atomic E-state index is -0.0375. The Bertz CT molecular complexity index is 169. The highest BCUT2D eigenvalue weighted by molar-refractivity contribution is 5.02. The van der Waals surface area contributed by atoms with Crippen molar-refractivity contribution in [2.45, 2.75) is 26.7 Å². The molecule has 0 aliphatic carbocycles. The molecule has 0 spiro atoms. The Hall–Kier alpha value is -0.740. The molecule has 0 fully saturated rings. The molecule has 0 aliphatic heterocycles. The molecule has 0 aromatic carbocycles. The zero-order valence-corrected chi connectivity index (χ0v) is 7.35. The lowest BCUT2D eigenvalue weighted by Crippen LogP contribution is -2.08. The van der Waals surface area contributed by atoms with Crippen LogP contribution in [0.4, 0.5) is 0 Å². The zero-order valence-electron chi connectivity index (χ0n) is 7.35. The third kappa shape index (κ3) is 5.69. The Morgan fingerprint density at radius 3 is 2.55 bits per heavy atom. The minimum absolute atomic E-state index is 0.0375. The van der Waals surface area contributed by atoms with Crippen LogP contribution in [0.15, 0.2) is 12.7 Å². The summed E-state index contributed by atoms with van der Waals surface area (Å²) in [7, 11) is 0. The van der Waals surface area contributed by atoms with Gasteiger partial charge >= 0.3 is 0 Å². The summed E-state index contributed by atoms with van der Waals surface area (Å²) in [4.78, 5) is 0. The average molecular weight is 152 g/mol. The standard InChI is InChI=1S/C10H16O/c1-4-7-10(2,3)8-5-6-9-11/h4,11H,1,7-9H2,2-3H3. The molecule has 0 aromatic rings. The second-order valence-corrected chi connectivity index (χ2v) is 3.35. The average Bonchev–Trinajstić information content (AvgIpc) is 1.87. The summed E-state index contributed by atoms with van der Waals surface area (Å²) >= 11 is 0. The molecule has 11 heavy (non-hydrogen) atoms. The van der Waals surface area contributed by atoms with Crippen molar-refractivity contribution in [1.29, 1.82) is 0 Å². The van der Waals surface area contributed by atoms with Crippen LogP contribution in [-0.4, -0.2) is 11.7 Å². The molecule has 0 aliphatic rings. The molecule has 1 nitrogen and oxygen atoms in total. The van der Waals surface area contributed by atoms with E-state index in [2.05, 4.69) is 32.3 Å². The van der Waals surface area contributed by atoms with Crippen LogP contribution in [0, 0.1) is 17.3 Å². The van der Waals surface area contributed by atoms with Crippen molar-refractivity contribution in [2.24, 2.45) is 5.41 Å². The molecule has 0 bridgehead atoms. The molecular formula is C10H16O. The van der Waals surface area contributed by atoms with Gasteiger partial charge in [0.2, 0.25) is 0 Å². The van der Waals surface area contributed by atoms with E-state index in [9.17, 15) is 0 Å². The first-order chi connectivity index (χ1) is 5.12. The second kappa shape index (κ2) is 4.98. The van der Waals surface area contributed by atoms with Gasteiger partial charge in [-0.3, -0.25) is 0 Å². The summed E-state index contributed by atoms with van der Waals surface area (Å²) in [6.07, 6.45) is 3.69. The van der Waals surface area contributed by atoms with Gasteiger partial charge in [-0.05, 0) is 11.8 Å². The van der Waals surface area contributed by atoms with Crippen molar-refractivity contribution in [2.75, 3.05) is 6.61 Å².